The van der Waals surface area contributed by atoms with E-state index in [2.05, 4.69) is 6.92 Å². The van der Waals surface area contributed by atoms with Crippen LogP contribution in [0.1, 0.15) is 55.8 Å². The van der Waals surface area contributed by atoms with Gasteiger partial charge >= 0.3 is 0 Å². The number of nitro groups is 1. The minimum atomic E-state index is -0.504. The molecule has 5 heteroatoms. The predicted molar refractivity (Wildman–Crippen MR) is 80.4 cm³/mol. The summed E-state index contributed by atoms with van der Waals surface area (Å²) in [4.78, 5) is 33.1. The second-order valence-electron chi connectivity index (χ2n) is 5.18. The Kier molecular flexibility index (Phi) is 7.29. The molecule has 0 amide bonds. The van der Waals surface area contributed by atoms with Crippen LogP contribution >= 0.6 is 0 Å². The van der Waals surface area contributed by atoms with Gasteiger partial charge in [-0.3, -0.25) is 14.9 Å². The van der Waals surface area contributed by atoms with Crippen LogP contribution in [0.15, 0.2) is 24.3 Å². The summed E-state index contributed by atoms with van der Waals surface area (Å²) in [6.07, 6.45) is 6.04. The topological polar surface area (TPSA) is 77.3 Å². The summed E-state index contributed by atoms with van der Waals surface area (Å²) >= 11 is 0. The zero-order chi connectivity index (χ0) is 15.7. The Labute approximate surface area is 124 Å². The van der Waals surface area contributed by atoms with Gasteiger partial charge in [-0.2, -0.15) is 0 Å². The van der Waals surface area contributed by atoms with E-state index in [0.29, 0.717) is 5.56 Å². The molecule has 1 rings (SSSR count). The number of unbranched alkanes of at least 4 members (excludes halogenated alkanes) is 3. The second-order valence-corrected chi connectivity index (χ2v) is 5.18. The lowest BCUT2D eigenvalue weighted by molar-refractivity contribution is -0.384. The van der Waals surface area contributed by atoms with E-state index in [1.165, 1.54) is 24.3 Å². The first-order valence-electron chi connectivity index (χ1n) is 7.31. The molecule has 0 fully saturated rings. The third kappa shape index (κ3) is 5.85. The molecular formula is C16H21NO4. The lowest BCUT2D eigenvalue weighted by Crippen LogP contribution is -2.10. The number of nitrogens with zero attached hydrogens (tertiary/aromatic N) is 1. The summed E-state index contributed by atoms with van der Waals surface area (Å²) in [6.45, 7) is 2.12. The van der Waals surface area contributed by atoms with Gasteiger partial charge in [0.2, 0.25) is 0 Å². The van der Waals surface area contributed by atoms with Crippen LogP contribution < -0.4 is 0 Å². The molecule has 1 atom stereocenters. The first-order valence-corrected chi connectivity index (χ1v) is 7.31. The largest absolute Gasteiger partial charge is 0.303 e. The van der Waals surface area contributed by atoms with Gasteiger partial charge in [0.15, 0.2) is 5.78 Å². The standard InChI is InChI=1S/C16H21NO4/c1-2-3-4-5-6-13(12-18)11-16(19)14-7-9-15(10-8-14)17(20)21/h7-10,12-13H,2-6,11H2,1H3/t13-/m1/s1. The molecule has 0 saturated heterocycles. The number of ketones is 1. The molecule has 1 aromatic rings. The predicted octanol–water partition coefficient (Wildman–Crippen LogP) is 3.95. The van der Waals surface area contributed by atoms with Crippen molar-refractivity contribution < 1.29 is 14.5 Å². The van der Waals surface area contributed by atoms with Crippen LogP contribution in [0.4, 0.5) is 5.69 Å². The molecule has 0 radical (unpaired) electrons. The van der Waals surface area contributed by atoms with Crippen molar-refractivity contribution in [3.8, 4) is 0 Å². The molecule has 0 spiro atoms. The fourth-order valence-corrected chi connectivity index (χ4v) is 2.18. The van der Waals surface area contributed by atoms with Crippen molar-refractivity contribution in [3.05, 3.63) is 39.9 Å². The molecule has 0 bridgehead atoms. The van der Waals surface area contributed by atoms with Gasteiger partial charge in [0.1, 0.15) is 6.29 Å². The van der Waals surface area contributed by atoms with Crippen LogP contribution in [0.3, 0.4) is 0 Å². The third-order valence-electron chi connectivity index (χ3n) is 3.47. The van der Waals surface area contributed by atoms with E-state index in [1.807, 2.05) is 0 Å². The number of Topliss-reactive ketones (excluding diaryl/α,β-unsaturated/α-hetero) is 1. The van der Waals surface area contributed by atoms with E-state index in [4.69, 9.17) is 0 Å². The number of hydrogen-bond acceptors (Lipinski definition) is 4. The van der Waals surface area contributed by atoms with Gasteiger partial charge in [0, 0.05) is 30.0 Å². The van der Waals surface area contributed by atoms with Crippen LogP contribution in [0.2, 0.25) is 0 Å². The summed E-state index contributed by atoms with van der Waals surface area (Å²) in [5.74, 6) is -0.401. The molecular weight excluding hydrogens is 270 g/mol. The quantitative estimate of drug-likeness (QED) is 0.215. The summed E-state index contributed by atoms with van der Waals surface area (Å²) in [5.41, 5.74) is 0.374. The molecule has 0 N–H and O–H groups in total. The van der Waals surface area contributed by atoms with Crippen LogP contribution in [-0.2, 0) is 4.79 Å². The Hall–Kier alpha value is -2.04. The fourth-order valence-electron chi connectivity index (χ4n) is 2.18. The number of rotatable bonds is 10. The summed E-state index contributed by atoms with van der Waals surface area (Å²) in [7, 11) is 0. The Morgan fingerprint density at radius 1 is 1.24 bits per heavy atom. The van der Waals surface area contributed by atoms with Crippen LogP contribution in [0.25, 0.3) is 0 Å². The zero-order valence-corrected chi connectivity index (χ0v) is 12.3. The second kappa shape index (κ2) is 9.00. The molecule has 0 unspecified atom stereocenters. The number of benzene rings is 1. The van der Waals surface area contributed by atoms with E-state index in [9.17, 15) is 19.7 Å². The molecule has 0 aliphatic rings. The van der Waals surface area contributed by atoms with Crippen molar-refractivity contribution in [2.45, 2.75) is 45.4 Å². The van der Waals surface area contributed by atoms with Gasteiger partial charge in [-0.25, -0.2) is 0 Å². The Morgan fingerprint density at radius 2 is 1.90 bits per heavy atom. The maximum Gasteiger partial charge on any atom is 0.269 e. The molecule has 21 heavy (non-hydrogen) atoms. The fraction of sp³-hybridized carbons (Fsp3) is 0.500. The first kappa shape index (κ1) is 17.0. The average molecular weight is 291 g/mol. The number of aldehydes is 1. The molecule has 114 valence electrons. The third-order valence-corrected chi connectivity index (χ3v) is 3.47. The number of carbonyl (C=O) groups excluding carboxylic acids is 2. The van der Waals surface area contributed by atoms with Crippen molar-refractivity contribution in [2.24, 2.45) is 5.92 Å². The van der Waals surface area contributed by atoms with Gasteiger partial charge < -0.3 is 4.79 Å². The SMILES string of the molecule is CCCCCC[C@@H](C=O)CC(=O)c1ccc([N+](=O)[O-])cc1. The number of non-ortho nitro benzene ring substituents is 1. The van der Waals surface area contributed by atoms with Crippen molar-refractivity contribution >= 4 is 17.8 Å². The highest BCUT2D eigenvalue weighted by Gasteiger charge is 2.15. The minimum absolute atomic E-state index is 0.0435. The molecule has 0 aliphatic heterocycles. The van der Waals surface area contributed by atoms with E-state index >= 15 is 0 Å². The summed E-state index contributed by atoms with van der Waals surface area (Å²) in [5, 5.41) is 10.6. The maximum atomic E-state index is 12.1. The smallest absolute Gasteiger partial charge is 0.269 e. The van der Waals surface area contributed by atoms with Gasteiger partial charge in [-0.05, 0) is 18.6 Å². The van der Waals surface area contributed by atoms with Gasteiger partial charge in [-0.1, -0.05) is 32.6 Å². The highest BCUT2D eigenvalue weighted by molar-refractivity contribution is 5.97. The van der Waals surface area contributed by atoms with Crippen LogP contribution in [0.5, 0.6) is 0 Å². The van der Waals surface area contributed by atoms with Gasteiger partial charge in [0.25, 0.3) is 5.69 Å². The van der Waals surface area contributed by atoms with E-state index in [1.54, 1.807) is 0 Å². The van der Waals surface area contributed by atoms with Crippen molar-refractivity contribution in [2.75, 3.05) is 0 Å². The normalized spacial score (nSPS) is 11.9. The van der Waals surface area contributed by atoms with E-state index in [0.717, 1.165) is 38.4 Å². The molecule has 0 aliphatic carbocycles. The molecule has 0 aromatic heterocycles. The maximum absolute atomic E-state index is 12.1. The highest BCUT2D eigenvalue weighted by Crippen LogP contribution is 2.18. The molecule has 0 heterocycles. The van der Waals surface area contributed by atoms with Crippen molar-refractivity contribution in [3.63, 3.8) is 0 Å². The number of hydrogen-bond donors (Lipinski definition) is 0. The number of nitro benzene ring substituents is 1. The Morgan fingerprint density at radius 3 is 2.43 bits per heavy atom. The van der Waals surface area contributed by atoms with Crippen molar-refractivity contribution in [1.82, 2.24) is 0 Å². The van der Waals surface area contributed by atoms with E-state index < -0.39 is 4.92 Å². The molecule has 1 aromatic carbocycles. The summed E-state index contributed by atoms with van der Waals surface area (Å²) in [6, 6.07) is 5.51. The number of carbonyl (C=O) groups is 2. The monoisotopic (exact) mass is 291 g/mol. The van der Waals surface area contributed by atoms with Crippen LogP contribution in [-0.4, -0.2) is 17.0 Å². The zero-order valence-electron chi connectivity index (χ0n) is 12.3. The lowest BCUT2D eigenvalue weighted by atomic mass is 9.94. The van der Waals surface area contributed by atoms with Crippen LogP contribution in [0, 0.1) is 16.0 Å². The van der Waals surface area contributed by atoms with E-state index in [-0.39, 0.29) is 23.8 Å². The van der Waals surface area contributed by atoms with Gasteiger partial charge in [0.05, 0.1) is 4.92 Å². The minimum Gasteiger partial charge on any atom is -0.303 e. The highest BCUT2D eigenvalue weighted by atomic mass is 16.6. The van der Waals surface area contributed by atoms with Crippen molar-refractivity contribution in [1.29, 1.82) is 0 Å². The molecule has 5 nitrogen and oxygen atoms in total. The lowest BCUT2D eigenvalue weighted by Gasteiger charge is -2.09. The Balaban J connectivity index is 2.53. The summed E-state index contributed by atoms with van der Waals surface area (Å²) < 4.78 is 0. The van der Waals surface area contributed by atoms with Gasteiger partial charge in [-0.15, -0.1) is 0 Å². The first-order chi connectivity index (χ1) is 10.1. The average Bonchev–Trinajstić information content (AvgIpc) is 2.50. The molecule has 0 saturated carbocycles. The Bertz CT molecular complexity index is 482.